The Balaban J connectivity index is 2.06. The minimum Gasteiger partial charge on any atom is -0.493 e. The molecule has 0 spiro atoms. The highest BCUT2D eigenvalue weighted by Gasteiger charge is 2.09. The predicted octanol–water partition coefficient (Wildman–Crippen LogP) is 3.65. The van der Waals surface area contributed by atoms with Crippen LogP contribution in [0.2, 0.25) is 0 Å². The third kappa shape index (κ3) is 3.57. The SMILES string of the molecule is C/C(=N/O)c1cc(F)ccc1OCCc1ccccc1. The first-order valence-corrected chi connectivity index (χ1v) is 6.36. The molecule has 0 unspecified atom stereocenters. The summed E-state index contributed by atoms with van der Waals surface area (Å²) < 4.78 is 18.9. The maximum atomic E-state index is 13.2. The van der Waals surface area contributed by atoms with Gasteiger partial charge in [-0.25, -0.2) is 4.39 Å². The molecule has 0 aliphatic rings. The Morgan fingerprint density at radius 3 is 2.65 bits per heavy atom. The van der Waals surface area contributed by atoms with Crippen LogP contribution in [0.1, 0.15) is 18.1 Å². The van der Waals surface area contributed by atoms with Crippen LogP contribution in [0.5, 0.6) is 5.75 Å². The van der Waals surface area contributed by atoms with E-state index in [4.69, 9.17) is 9.94 Å². The van der Waals surface area contributed by atoms with E-state index in [1.54, 1.807) is 13.0 Å². The highest BCUT2D eigenvalue weighted by atomic mass is 19.1. The summed E-state index contributed by atoms with van der Waals surface area (Å²) in [6.07, 6.45) is 0.757. The number of halogens is 1. The van der Waals surface area contributed by atoms with E-state index >= 15 is 0 Å². The van der Waals surface area contributed by atoms with Crippen molar-refractivity contribution in [3.05, 3.63) is 65.5 Å². The molecule has 0 bridgehead atoms. The van der Waals surface area contributed by atoms with Crippen LogP contribution >= 0.6 is 0 Å². The molecule has 0 aliphatic carbocycles. The van der Waals surface area contributed by atoms with E-state index in [2.05, 4.69) is 5.16 Å². The molecule has 0 aromatic heterocycles. The van der Waals surface area contributed by atoms with Gasteiger partial charge < -0.3 is 9.94 Å². The van der Waals surface area contributed by atoms with Gasteiger partial charge in [0.25, 0.3) is 0 Å². The van der Waals surface area contributed by atoms with Crippen LogP contribution in [0.3, 0.4) is 0 Å². The van der Waals surface area contributed by atoms with Crippen molar-refractivity contribution in [2.45, 2.75) is 13.3 Å². The van der Waals surface area contributed by atoms with Crippen LogP contribution in [0, 0.1) is 5.82 Å². The van der Waals surface area contributed by atoms with Crippen LogP contribution in [-0.2, 0) is 6.42 Å². The fourth-order valence-corrected chi connectivity index (χ4v) is 1.89. The standard InChI is InChI=1S/C16H16FNO2/c1-12(18-19)15-11-14(17)7-8-16(15)20-10-9-13-5-3-2-4-6-13/h2-8,11,19H,9-10H2,1H3/b18-12-. The smallest absolute Gasteiger partial charge is 0.128 e. The summed E-state index contributed by atoms with van der Waals surface area (Å²) in [5.74, 6) is 0.121. The Bertz CT molecular complexity index is 597. The largest absolute Gasteiger partial charge is 0.493 e. The molecular weight excluding hydrogens is 257 g/mol. The number of nitrogens with zero attached hydrogens (tertiary/aromatic N) is 1. The first-order chi connectivity index (χ1) is 9.70. The van der Waals surface area contributed by atoms with E-state index in [1.165, 1.54) is 17.7 Å². The number of rotatable bonds is 5. The maximum Gasteiger partial charge on any atom is 0.128 e. The summed E-state index contributed by atoms with van der Waals surface area (Å²) >= 11 is 0. The van der Waals surface area contributed by atoms with Gasteiger partial charge in [0.15, 0.2) is 0 Å². The first-order valence-electron chi connectivity index (χ1n) is 6.36. The summed E-state index contributed by atoms with van der Waals surface area (Å²) in [6.45, 7) is 2.07. The quantitative estimate of drug-likeness (QED) is 0.513. The third-order valence-electron chi connectivity index (χ3n) is 2.97. The molecule has 2 aromatic rings. The molecule has 0 radical (unpaired) electrons. The molecule has 0 heterocycles. The van der Waals surface area contributed by atoms with Crippen molar-refractivity contribution in [3.8, 4) is 5.75 Å². The second kappa shape index (κ2) is 6.70. The Hall–Kier alpha value is -2.36. The molecule has 2 rings (SSSR count). The highest BCUT2D eigenvalue weighted by molar-refractivity contribution is 6.00. The number of oxime groups is 1. The summed E-state index contributed by atoms with van der Waals surface area (Å²) in [7, 11) is 0. The predicted molar refractivity (Wildman–Crippen MR) is 76.0 cm³/mol. The molecule has 0 fully saturated rings. The molecular formula is C16H16FNO2. The zero-order valence-corrected chi connectivity index (χ0v) is 11.2. The molecule has 1 N–H and O–H groups in total. The molecule has 0 atom stereocenters. The zero-order chi connectivity index (χ0) is 14.4. The fraction of sp³-hybridized carbons (Fsp3) is 0.188. The number of ether oxygens (including phenoxy) is 1. The van der Waals surface area contributed by atoms with E-state index in [-0.39, 0.29) is 0 Å². The van der Waals surface area contributed by atoms with E-state index in [9.17, 15) is 4.39 Å². The Labute approximate surface area is 117 Å². The van der Waals surface area contributed by atoms with Gasteiger partial charge in [0, 0.05) is 12.0 Å². The molecule has 20 heavy (non-hydrogen) atoms. The lowest BCUT2D eigenvalue weighted by atomic mass is 10.1. The van der Waals surface area contributed by atoms with Gasteiger partial charge >= 0.3 is 0 Å². The van der Waals surface area contributed by atoms with Gasteiger partial charge in [-0.1, -0.05) is 35.5 Å². The first kappa shape index (κ1) is 14.1. The molecule has 4 heteroatoms. The maximum absolute atomic E-state index is 13.2. The highest BCUT2D eigenvalue weighted by Crippen LogP contribution is 2.21. The number of hydrogen-bond acceptors (Lipinski definition) is 3. The summed E-state index contributed by atoms with van der Waals surface area (Å²) in [5, 5.41) is 11.9. The second-order valence-electron chi connectivity index (χ2n) is 4.41. The lowest BCUT2D eigenvalue weighted by molar-refractivity contribution is 0.313. The van der Waals surface area contributed by atoms with Crippen molar-refractivity contribution >= 4 is 5.71 Å². The van der Waals surface area contributed by atoms with Gasteiger partial charge in [0.05, 0.1) is 12.3 Å². The van der Waals surface area contributed by atoms with Crippen LogP contribution in [-0.4, -0.2) is 17.5 Å². The van der Waals surface area contributed by atoms with Crippen molar-refractivity contribution in [1.82, 2.24) is 0 Å². The summed E-state index contributed by atoms with van der Waals surface area (Å²) in [4.78, 5) is 0. The normalized spacial score (nSPS) is 11.4. The zero-order valence-electron chi connectivity index (χ0n) is 11.2. The molecule has 3 nitrogen and oxygen atoms in total. The van der Waals surface area contributed by atoms with Crippen molar-refractivity contribution < 1.29 is 14.3 Å². The minimum atomic E-state index is -0.390. The summed E-state index contributed by atoms with van der Waals surface area (Å²) in [5.41, 5.74) is 1.95. The summed E-state index contributed by atoms with van der Waals surface area (Å²) in [6, 6.07) is 14.1. The lowest BCUT2D eigenvalue weighted by Crippen LogP contribution is -2.06. The van der Waals surface area contributed by atoms with Gasteiger partial charge in [-0.05, 0) is 30.7 Å². The van der Waals surface area contributed by atoms with E-state index in [0.29, 0.717) is 23.6 Å². The van der Waals surface area contributed by atoms with Crippen LogP contribution in [0.4, 0.5) is 4.39 Å². The Morgan fingerprint density at radius 2 is 1.95 bits per heavy atom. The Kier molecular flexibility index (Phi) is 4.71. The molecule has 0 saturated heterocycles. The average molecular weight is 273 g/mol. The van der Waals surface area contributed by atoms with Crippen molar-refractivity contribution in [2.24, 2.45) is 5.16 Å². The van der Waals surface area contributed by atoms with Crippen LogP contribution in [0.15, 0.2) is 53.7 Å². The monoisotopic (exact) mass is 273 g/mol. The average Bonchev–Trinajstić information content (AvgIpc) is 2.49. The number of benzene rings is 2. The topological polar surface area (TPSA) is 41.8 Å². The molecule has 0 aliphatic heterocycles. The van der Waals surface area contributed by atoms with E-state index in [1.807, 2.05) is 30.3 Å². The minimum absolute atomic E-state index is 0.319. The molecule has 2 aromatic carbocycles. The van der Waals surface area contributed by atoms with E-state index < -0.39 is 5.82 Å². The van der Waals surface area contributed by atoms with Gasteiger partial charge in [0.1, 0.15) is 11.6 Å². The fourth-order valence-electron chi connectivity index (χ4n) is 1.89. The van der Waals surface area contributed by atoms with Crippen molar-refractivity contribution in [3.63, 3.8) is 0 Å². The number of hydrogen-bond donors (Lipinski definition) is 1. The second-order valence-corrected chi connectivity index (χ2v) is 4.41. The lowest BCUT2D eigenvalue weighted by Gasteiger charge is -2.11. The van der Waals surface area contributed by atoms with Crippen LogP contribution < -0.4 is 4.74 Å². The van der Waals surface area contributed by atoms with Crippen molar-refractivity contribution in [2.75, 3.05) is 6.61 Å². The molecule has 0 amide bonds. The molecule has 0 saturated carbocycles. The van der Waals surface area contributed by atoms with Crippen molar-refractivity contribution in [1.29, 1.82) is 0 Å². The molecule has 104 valence electrons. The Morgan fingerprint density at radius 1 is 1.20 bits per heavy atom. The van der Waals surface area contributed by atoms with Crippen LogP contribution in [0.25, 0.3) is 0 Å². The van der Waals surface area contributed by atoms with Gasteiger partial charge in [-0.3, -0.25) is 0 Å². The third-order valence-corrected chi connectivity index (χ3v) is 2.97. The van der Waals surface area contributed by atoms with Gasteiger partial charge in [0.2, 0.25) is 0 Å². The van der Waals surface area contributed by atoms with Gasteiger partial charge in [-0.2, -0.15) is 0 Å². The van der Waals surface area contributed by atoms with Gasteiger partial charge in [-0.15, -0.1) is 0 Å². The van der Waals surface area contributed by atoms with E-state index in [0.717, 1.165) is 6.42 Å².